The normalized spacial score (nSPS) is 18.8. The number of hydrogen-bond acceptors (Lipinski definition) is 4. The molecule has 1 aliphatic carbocycles. The van der Waals surface area contributed by atoms with Crippen LogP contribution >= 0.6 is 0 Å². The molecule has 4 nitrogen and oxygen atoms in total. The number of methoxy groups -OCH3 is 1. The number of carbonyl (C=O) groups excluding carboxylic acids is 1. The summed E-state index contributed by atoms with van der Waals surface area (Å²) in [4.78, 5) is 12.4. The molecule has 0 N–H and O–H groups in total. The minimum absolute atomic E-state index is 0.141. The van der Waals surface area contributed by atoms with Gasteiger partial charge in [0, 0.05) is 5.56 Å². The Labute approximate surface area is 179 Å². The fraction of sp³-hybridized carbons (Fsp3) is 0.346. The quantitative estimate of drug-likeness (QED) is 0.374. The fourth-order valence-electron chi connectivity index (χ4n) is 3.72. The van der Waals surface area contributed by atoms with E-state index in [2.05, 4.69) is 42.3 Å². The number of carbonyl (C=O) groups is 1. The van der Waals surface area contributed by atoms with E-state index in [1.54, 1.807) is 0 Å². The van der Waals surface area contributed by atoms with Gasteiger partial charge >= 0.3 is 5.97 Å². The maximum Gasteiger partial charge on any atom is 0.316 e. The largest absolute Gasteiger partial charge is 0.468 e. The molecule has 0 fully saturated rings. The molecular formula is C26H30N2O2. The highest BCUT2D eigenvalue weighted by Gasteiger charge is 2.40. The van der Waals surface area contributed by atoms with E-state index >= 15 is 0 Å². The SMILES string of the molecule is COC(=O)C1(C(C)C)C=CC(c2ccccc2/N=N/c2cccc(C(C)C)c2)=CC1. The van der Waals surface area contributed by atoms with Crippen molar-refractivity contribution >= 4 is 22.9 Å². The second-order valence-corrected chi connectivity index (χ2v) is 8.35. The van der Waals surface area contributed by atoms with Crippen molar-refractivity contribution < 1.29 is 9.53 Å². The first-order chi connectivity index (χ1) is 14.4. The van der Waals surface area contributed by atoms with Gasteiger partial charge in [0.1, 0.15) is 0 Å². The van der Waals surface area contributed by atoms with Crippen LogP contribution in [0.2, 0.25) is 0 Å². The number of esters is 1. The summed E-state index contributed by atoms with van der Waals surface area (Å²) in [6.07, 6.45) is 6.70. The predicted molar refractivity (Wildman–Crippen MR) is 122 cm³/mol. The van der Waals surface area contributed by atoms with Gasteiger partial charge in [0.15, 0.2) is 0 Å². The Bertz CT molecular complexity index is 1000. The molecule has 1 unspecified atom stereocenters. The van der Waals surface area contributed by atoms with Gasteiger partial charge in [0.05, 0.1) is 23.9 Å². The van der Waals surface area contributed by atoms with Crippen molar-refractivity contribution in [3.8, 4) is 0 Å². The van der Waals surface area contributed by atoms with Crippen LogP contribution in [0.4, 0.5) is 11.4 Å². The third-order valence-corrected chi connectivity index (χ3v) is 5.84. The Morgan fingerprint density at radius 1 is 1.03 bits per heavy atom. The van der Waals surface area contributed by atoms with E-state index in [1.807, 2.05) is 62.4 Å². The fourth-order valence-corrected chi connectivity index (χ4v) is 3.72. The molecule has 2 aromatic carbocycles. The topological polar surface area (TPSA) is 51.0 Å². The molecule has 2 aromatic rings. The third-order valence-electron chi connectivity index (χ3n) is 5.84. The lowest BCUT2D eigenvalue weighted by molar-refractivity contribution is -0.152. The highest BCUT2D eigenvalue weighted by atomic mass is 16.5. The van der Waals surface area contributed by atoms with Crippen molar-refractivity contribution in [2.24, 2.45) is 21.6 Å². The van der Waals surface area contributed by atoms with Gasteiger partial charge in [0.25, 0.3) is 0 Å². The summed E-state index contributed by atoms with van der Waals surface area (Å²) in [6.45, 7) is 8.43. The Morgan fingerprint density at radius 3 is 2.43 bits per heavy atom. The number of benzene rings is 2. The Morgan fingerprint density at radius 2 is 1.80 bits per heavy atom. The molecule has 156 valence electrons. The molecule has 0 aliphatic heterocycles. The lowest BCUT2D eigenvalue weighted by Gasteiger charge is -2.33. The first kappa shape index (κ1) is 21.7. The van der Waals surface area contributed by atoms with Crippen molar-refractivity contribution in [2.45, 2.75) is 40.0 Å². The number of rotatable bonds is 6. The van der Waals surface area contributed by atoms with Gasteiger partial charge < -0.3 is 4.74 Å². The van der Waals surface area contributed by atoms with E-state index in [0.29, 0.717) is 12.3 Å². The minimum atomic E-state index is -0.619. The van der Waals surface area contributed by atoms with Crippen LogP contribution in [0.15, 0.2) is 77.0 Å². The second-order valence-electron chi connectivity index (χ2n) is 8.35. The lowest BCUT2D eigenvalue weighted by atomic mass is 9.71. The molecule has 0 saturated heterocycles. The maximum atomic E-state index is 12.4. The van der Waals surface area contributed by atoms with E-state index < -0.39 is 5.41 Å². The Hall–Kier alpha value is -3.01. The van der Waals surface area contributed by atoms with E-state index in [-0.39, 0.29) is 11.9 Å². The highest BCUT2D eigenvalue weighted by Crippen LogP contribution is 2.41. The van der Waals surface area contributed by atoms with Gasteiger partial charge in [-0.2, -0.15) is 5.11 Å². The van der Waals surface area contributed by atoms with Crippen LogP contribution < -0.4 is 0 Å². The smallest absolute Gasteiger partial charge is 0.316 e. The first-order valence-corrected chi connectivity index (χ1v) is 10.5. The monoisotopic (exact) mass is 402 g/mol. The summed E-state index contributed by atoms with van der Waals surface area (Å²) >= 11 is 0. The van der Waals surface area contributed by atoms with Gasteiger partial charge in [-0.1, -0.05) is 76.3 Å². The van der Waals surface area contributed by atoms with Crippen LogP contribution in [0, 0.1) is 11.3 Å². The molecule has 0 bridgehead atoms. The molecule has 0 heterocycles. The Balaban J connectivity index is 1.89. The average molecular weight is 403 g/mol. The molecule has 0 saturated carbocycles. The van der Waals surface area contributed by atoms with Crippen molar-refractivity contribution in [1.82, 2.24) is 0 Å². The molecular weight excluding hydrogens is 372 g/mol. The van der Waals surface area contributed by atoms with Crippen LogP contribution in [-0.4, -0.2) is 13.1 Å². The molecule has 1 atom stereocenters. The molecule has 30 heavy (non-hydrogen) atoms. The third kappa shape index (κ3) is 4.43. The molecule has 0 spiro atoms. The van der Waals surface area contributed by atoms with Crippen molar-refractivity contribution in [3.63, 3.8) is 0 Å². The summed E-state index contributed by atoms with van der Waals surface area (Å²) in [5.41, 5.74) is 4.31. The van der Waals surface area contributed by atoms with Crippen molar-refractivity contribution in [1.29, 1.82) is 0 Å². The Kier molecular flexibility index (Phi) is 6.66. The van der Waals surface area contributed by atoms with Crippen LogP contribution in [0.3, 0.4) is 0 Å². The van der Waals surface area contributed by atoms with Gasteiger partial charge in [-0.3, -0.25) is 4.79 Å². The summed E-state index contributed by atoms with van der Waals surface area (Å²) in [7, 11) is 1.45. The second kappa shape index (κ2) is 9.21. The van der Waals surface area contributed by atoms with E-state index in [0.717, 1.165) is 22.5 Å². The summed E-state index contributed by atoms with van der Waals surface area (Å²) in [5, 5.41) is 9.01. The summed E-state index contributed by atoms with van der Waals surface area (Å²) in [5.74, 6) is 0.394. The van der Waals surface area contributed by atoms with Gasteiger partial charge in [-0.05, 0) is 47.6 Å². The highest BCUT2D eigenvalue weighted by molar-refractivity contribution is 5.86. The average Bonchev–Trinajstić information content (AvgIpc) is 2.77. The van der Waals surface area contributed by atoms with E-state index in [9.17, 15) is 4.79 Å². The number of nitrogens with zero attached hydrogens (tertiary/aromatic N) is 2. The van der Waals surface area contributed by atoms with Crippen LogP contribution in [0.25, 0.3) is 5.57 Å². The zero-order chi connectivity index (χ0) is 21.7. The van der Waals surface area contributed by atoms with Crippen molar-refractivity contribution in [3.05, 3.63) is 77.9 Å². The van der Waals surface area contributed by atoms with E-state index in [1.165, 1.54) is 12.7 Å². The van der Waals surface area contributed by atoms with Crippen molar-refractivity contribution in [2.75, 3.05) is 7.11 Å². The minimum Gasteiger partial charge on any atom is -0.468 e. The number of ether oxygens (including phenoxy) is 1. The summed E-state index contributed by atoms with van der Waals surface area (Å²) in [6, 6.07) is 16.1. The lowest BCUT2D eigenvalue weighted by Crippen LogP contribution is -2.36. The molecule has 3 rings (SSSR count). The van der Waals surface area contributed by atoms with Gasteiger partial charge in [-0.15, -0.1) is 5.11 Å². The predicted octanol–water partition coefficient (Wildman–Crippen LogP) is 7.38. The zero-order valence-corrected chi connectivity index (χ0v) is 18.4. The molecule has 0 radical (unpaired) electrons. The summed E-state index contributed by atoms with van der Waals surface area (Å²) < 4.78 is 5.08. The van der Waals surface area contributed by atoms with Crippen LogP contribution in [0.5, 0.6) is 0 Å². The molecule has 0 aromatic heterocycles. The van der Waals surface area contributed by atoms with Crippen LogP contribution in [0.1, 0.15) is 51.2 Å². The maximum absolute atomic E-state index is 12.4. The number of hydrogen-bond donors (Lipinski definition) is 0. The molecule has 1 aliphatic rings. The van der Waals surface area contributed by atoms with Crippen LogP contribution in [-0.2, 0) is 9.53 Å². The van der Waals surface area contributed by atoms with E-state index in [4.69, 9.17) is 4.74 Å². The molecule has 4 heteroatoms. The zero-order valence-electron chi connectivity index (χ0n) is 18.4. The van der Waals surface area contributed by atoms with Gasteiger partial charge in [0.2, 0.25) is 0 Å². The standard InChI is InChI=1S/C26H30N2O2/c1-18(2)21-9-8-10-22(17-21)27-28-24-12-7-6-11-23(24)20-13-15-26(16-14-20,19(3)4)25(29)30-5/h6-15,17-19H,16H2,1-5H3/b28-27+. The van der Waals surface area contributed by atoms with Gasteiger partial charge in [-0.25, -0.2) is 0 Å². The number of azo groups is 1. The molecule has 0 amide bonds. The number of allylic oxidation sites excluding steroid dienone is 3. The first-order valence-electron chi connectivity index (χ1n) is 10.5.